The Hall–Kier alpha value is -2.66. The third kappa shape index (κ3) is 5.67. The van der Waals surface area contributed by atoms with E-state index in [1.807, 2.05) is 30.3 Å². The molecule has 0 spiro atoms. The largest absolute Gasteiger partial charge is 0.493 e. The molecule has 0 radical (unpaired) electrons. The SMILES string of the molecule is CCCCOc1ccccc1/C=C/C(=O)Nc1nc2ccc(C(C)(C)C)cc2s1. The molecule has 2 aromatic carbocycles. The first-order valence-corrected chi connectivity index (χ1v) is 10.8. The van der Waals surface area contributed by atoms with Gasteiger partial charge in [-0.25, -0.2) is 4.98 Å². The van der Waals surface area contributed by atoms with Crippen LogP contribution in [0.15, 0.2) is 48.5 Å². The molecule has 4 nitrogen and oxygen atoms in total. The van der Waals surface area contributed by atoms with Gasteiger partial charge in [0.1, 0.15) is 5.75 Å². The van der Waals surface area contributed by atoms with Crippen LogP contribution in [0.4, 0.5) is 5.13 Å². The van der Waals surface area contributed by atoms with E-state index >= 15 is 0 Å². The lowest BCUT2D eigenvalue weighted by Crippen LogP contribution is -2.10. The Morgan fingerprint density at radius 1 is 1.21 bits per heavy atom. The molecule has 0 aliphatic carbocycles. The number of anilines is 1. The first kappa shape index (κ1) is 21.1. The van der Waals surface area contributed by atoms with Crippen molar-refractivity contribution >= 4 is 38.7 Å². The van der Waals surface area contributed by atoms with Gasteiger partial charge in [-0.3, -0.25) is 10.1 Å². The van der Waals surface area contributed by atoms with Gasteiger partial charge in [0, 0.05) is 11.6 Å². The standard InChI is InChI=1S/C24H28N2O2S/c1-5-6-15-28-20-10-8-7-9-17(20)11-14-22(27)26-23-25-19-13-12-18(24(2,3)4)16-21(19)29-23/h7-14,16H,5-6,15H2,1-4H3,(H,25,26,27)/b14-11+. The van der Waals surface area contributed by atoms with Crippen molar-refractivity contribution in [1.29, 1.82) is 0 Å². The third-order valence-electron chi connectivity index (χ3n) is 4.57. The van der Waals surface area contributed by atoms with E-state index in [9.17, 15) is 4.79 Å². The normalized spacial score (nSPS) is 11.9. The predicted octanol–water partition coefficient (Wildman–Crippen LogP) is 6.42. The quantitative estimate of drug-likeness (QED) is 0.362. The maximum atomic E-state index is 12.4. The number of unbranched alkanes of at least 4 members (excludes halogenated alkanes) is 1. The molecule has 0 fully saturated rings. The monoisotopic (exact) mass is 408 g/mol. The summed E-state index contributed by atoms with van der Waals surface area (Å²) in [5.74, 6) is 0.586. The van der Waals surface area contributed by atoms with Crippen LogP contribution >= 0.6 is 11.3 Å². The summed E-state index contributed by atoms with van der Waals surface area (Å²) < 4.78 is 6.89. The number of hydrogen-bond acceptors (Lipinski definition) is 4. The van der Waals surface area contributed by atoms with E-state index < -0.39 is 0 Å². The summed E-state index contributed by atoms with van der Waals surface area (Å²) in [6.45, 7) is 9.37. The molecule has 0 aliphatic heterocycles. The molecule has 1 heterocycles. The molecule has 3 aromatic rings. The predicted molar refractivity (Wildman–Crippen MR) is 123 cm³/mol. The summed E-state index contributed by atoms with van der Waals surface area (Å²) in [6, 6.07) is 14.0. The molecule has 3 rings (SSSR count). The maximum Gasteiger partial charge on any atom is 0.250 e. The van der Waals surface area contributed by atoms with E-state index in [4.69, 9.17) is 4.74 Å². The summed E-state index contributed by atoms with van der Waals surface area (Å²) in [5.41, 5.74) is 3.12. The highest BCUT2D eigenvalue weighted by molar-refractivity contribution is 7.22. The number of nitrogens with one attached hydrogen (secondary N) is 1. The summed E-state index contributed by atoms with van der Waals surface area (Å²) in [6.07, 6.45) is 5.39. The zero-order chi connectivity index (χ0) is 20.9. The number of aromatic nitrogens is 1. The Bertz CT molecular complexity index is 1020. The number of para-hydroxylation sites is 1. The van der Waals surface area contributed by atoms with Crippen molar-refractivity contribution in [3.63, 3.8) is 0 Å². The van der Waals surface area contributed by atoms with Gasteiger partial charge in [-0.05, 0) is 41.7 Å². The van der Waals surface area contributed by atoms with Crippen molar-refractivity contribution in [1.82, 2.24) is 4.98 Å². The van der Waals surface area contributed by atoms with E-state index in [0.717, 1.165) is 34.4 Å². The Morgan fingerprint density at radius 2 is 2.00 bits per heavy atom. The number of ether oxygens (including phenoxy) is 1. The van der Waals surface area contributed by atoms with Crippen LogP contribution in [0.2, 0.25) is 0 Å². The van der Waals surface area contributed by atoms with Crippen LogP contribution in [0.25, 0.3) is 16.3 Å². The zero-order valence-electron chi connectivity index (χ0n) is 17.5. The second-order valence-electron chi connectivity index (χ2n) is 8.01. The molecule has 1 N–H and O–H groups in total. The number of rotatable bonds is 7. The van der Waals surface area contributed by atoms with E-state index in [-0.39, 0.29) is 11.3 Å². The summed E-state index contributed by atoms with van der Waals surface area (Å²) in [4.78, 5) is 16.9. The van der Waals surface area contributed by atoms with Crippen LogP contribution in [-0.4, -0.2) is 17.5 Å². The number of fused-ring (bicyclic) bond motifs is 1. The Morgan fingerprint density at radius 3 is 2.76 bits per heavy atom. The zero-order valence-corrected chi connectivity index (χ0v) is 18.3. The summed E-state index contributed by atoms with van der Waals surface area (Å²) >= 11 is 1.49. The molecule has 0 saturated heterocycles. The lowest BCUT2D eigenvalue weighted by atomic mass is 9.87. The number of carbonyl (C=O) groups is 1. The Kier molecular flexibility index (Phi) is 6.70. The second-order valence-corrected chi connectivity index (χ2v) is 9.04. The number of nitrogens with zero attached hydrogens (tertiary/aromatic N) is 1. The molecule has 0 bridgehead atoms. The summed E-state index contributed by atoms with van der Waals surface area (Å²) in [5, 5.41) is 3.48. The fourth-order valence-electron chi connectivity index (χ4n) is 2.83. The van der Waals surface area contributed by atoms with E-state index in [1.54, 1.807) is 6.08 Å². The number of amides is 1. The van der Waals surface area contributed by atoms with Gasteiger partial charge in [0.25, 0.3) is 0 Å². The highest BCUT2D eigenvalue weighted by atomic mass is 32.1. The average Bonchev–Trinajstić information content (AvgIpc) is 3.08. The molecule has 5 heteroatoms. The highest BCUT2D eigenvalue weighted by Crippen LogP contribution is 2.31. The van der Waals surface area contributed by atoms with Crippen molar-refractivity contribution in [3.8, 4) is 5.75 Å². The van der Waals surface area contributed by atoms with Crippen molar-refractivity contribution in [3.05, 3.63) is 59.7 Å². The molecule has 152 valence electrons. The molecule has 29 heavy (non-hydrogen) atoms. The van der Waals surface area contributed by atoms with Gasteiger partial charge >= 0.3 is 0 Å². The van der Waals surface area contributed by atoms with E-state index in [0.29, 0.717) is 11.7 Å². The van der Waals surface area contributed by atoms with E-state index in [2.05, 4.69) is 50.1 Å². The second kappa shape index (κ2) is 9.23. The molecule has 0 atom stereocenters. The van der Waals surface area contributed by atoms with Crippen LogP contribution in [0.3, 0.4) is 0 Å². The van der Waals surface area contributed by atoms with Crippen LogP contribution in [-0.2, 0) is 10.2 Å². The van der Waals surface area contributed by atoms with Crippen LogP contribution in [0.1, 0.15) is 51.7 Å². The van der Waals surface area contributed by atoms with Crippen LogP contribution in [0, 0.1) is 0 Å². The maximum absolute atomic E-state index is 12.4. The molecule has 1 amide bonds. The molecule has 0 unspecified atom stereocenters. The Labute approximate surface area is 176 Å². The van der Waals surface area contributed by atoms with Gasteiger partial charge in [0.2, 0.25) is 5.91 Å². The Balaban J connectivity index is 1.69. The molecule has 1 aromatic heterocycles. The molecular formula is C24H28N2O2S. The van der Waals surface area contributed by atoms with Gasteiger partial charge < -0.3 is 4.74 Å². The number of carbonyl (C=O) groups excluding carboxylic acids is 1. The van der Waals surface area contributed by atoms with Crippen molar-refractivity contribution < 1.29 is 9.53 Å². The number of hydrogen-bond donors (Lipinski definition) is 1. The fraction of sp³-hybridized carbons (Fsp3) is 0.333. The van der Waals surface area contributed by atoms with Crippen molar-refractivity contribution in [2.45, 2.75) is 46.0 Å². The van der Waals surface area contributed by atoms with Gasteiger partial charge in [-0.15, -0.1) is 0 Å². The fourth-order valence-corrected chi connectivity index (χ4v) is 3.74. The minimum absolute atomic E-state index is 0.0803. The molecule has 0 saturated carbocycles. The van der Waals surface area contributed by atoms with Crippen molar-refractivity contribution in [2.75, 3.05) is 11.9 Å². The van der Waals surface area contributed by atoms with Gasteiger partial charge in [-0.1, -0.05) is 69.7 Å². The van der Waals surface area contributed by atoms with Gasteiger partial charge in [0.05, 0.1) is 16.8 Å². The van der Waals surface area contributed by atoms with Crippen LogP contribution in [0.5, 0.6) is 5.75 Å². The van der Waals surface area contributed by atoms with Crippen LogP contribution < -0.4 is 10.1 Å². The minimum Gasteiger partial charge on any atom is -0.493 e. The minimum atomic E-state index is -0.205. The molecular weight excluding hydrogens is 380 g/mol. The smallest absolute Gasteiger partial charge is 0.250 e. The average molecular weight is 409 g/mol. The number of thiazole rings is 1. The first-order valence-electron chi connectivity index (χ1n) is 9.99. The lowest BCUT2D eigenvalue weighted by molar-refractivity contribution is -0.111. The van der Waals surface area contributed by atoms with Gasteiger partial charge in [0.15, 0.2) is 5.13 Å². The lowest BCUT2D eigenvalue weighted by Gasteiger charge is -2.18. The first-order chi connectivity index (χ1) is 13.9. The van der Waals surface area contributed by atoms with E-state index in [1.165, 1.54) is 23.0 Å². The topological polar surface area (TPSA) is 51.2 Å². The summed E-state index contributed by atoms with van der Waals surface area (Å²) in [7, 11) is 0. The highest BCUT2D eigenvalue weighted by Gasteiger charge is 2.15. The number of benzene rings is 2. The third-order valence-corrected chi connectivity index (χ3v) is 5.51. The molecule has 0 aliphatic rings. The van der Waals surface area contributed by atoms with Crippen molar-refractivity contribution in [2.24, 2.45) is 0 Å². The van der Waals surface area contributed by atoms with Gasteiger partial charge in [-0.2, -0.15) is 0 Å².